The van der Waals surface area contributed by atoms with E-state index in [-0.39, 0.29) is 24.0 Å². The first-order valence-corrected chi connectivity index (χ1v) is 8.35. The van der Waals surface area contributed by atoms with Gasteiger partial charge in [0.15, 0.2) is 0 Å². The first-order valence-electron chi connectivity index (χ1n) is 8.35. The van der Waals surface area contributed by atoms with Crippen LogP contribution >= 0.6 is 0 Å². The molecule has 0 aliphatic rings. The van der Waals surface area contributed by atoms with Crippen molar-refractivity contribution in [2.45, 2.75) is 6.54 Å². The van der Waals surface area contributed by atoms with E-state index in [0.717, 1.165) is 5.56 Å². The van der Waals surface area contributed by atoms with Crippen molar-refractivity contribution >= 4 is 23.4 Å². The van der Waals surface area contributed by atoms with Gasteiger partial charge < -0.3 is 15.4 Å². The van der Waals surface area contributed by atoms with Gasteiger partial charge in [0.25, 0.3) is 5.91 Å². The van der Waals surface area contributed by atoms with Gasteiger partial charge in [0.2, 0.25) is 0 Å². The molecule has 1 aromatic heterocycles. The van der Waals surface area contributed by atoms with Crippen molar-refractivity contribution in [2.75, 3.05) is 12.4 Å². The van der Waals surface area contributed by atoms with E-state index in [1.54, 1.807) is 36.4 Å². The molecule has 2 aromatic carbocycles. The number of nitrogens with one attached hydrogen (secondary N) is 2. The van der Waals surface area contributed by atoms with Crippen molar-refractivity contribution in [2.24, 2.45) is 0 Å². The van der Waals surface area contributed by atoms with E-state index >= 15 is 0 Å². The molecule has 0 aliphatic carbocycles. The molecule has 2 N–H and O–H groups in total. The number of ether oxygens (including phenoxy) is 1. The van der Waals surface area contributed by atoms with E-state index in [0.29, 0.717) is 17.1 Å². The summed E-state index contributed by atoms with van der Waals surface area (Å²) in [6.07, 6.45) is 1.28. The zero-order chi connectivity index (χ0) is 19.9. The monoisotopic (exact) mass is 380 g/mol. The molecule has 142 valence electrons. The van der Waals surface area contributed by atoms with Gasteiger partial charge >= 0.3 is 5.97 Å². The van der Waals surface area contributed by atoms with Crippen molar-refractivity contribution in [1.29, 1.82) is 0 Å². The summed E-state index contributed by atoms with van der Waals surface area (Å²) in [4.78, 5) is 31.8. The van der Waals surface area contributed by atoms with E-state index in [1.165, 1.54) is 31.6 Å². The van der Waals surface area contributed by atoms with Crippen LogP contribution in [0.25, 0.3) is 0 Å². The molecule has 1 amide bonds. The number of rotatable bonds is 6. The summed E-state index contributed by atoms with van der Waals surface area (Å²) in [6, 6.07) is 14.0. The van der Waals surface area contributed by atoms with Gasteiger partial charge in [0.1, 0.15) is 23.7 Å². The normalized spacial score (nSPS) is 10.2. The van der Waals surface area contributed by atoms with Crippen molar-refractivity contribution in [3.8, 4) is 0 Å². The lowest BCUT2D eigenvalue weighted by Crippen LogP contribution is -2.24. The molecule has 0 saturated heterocycles. The van der Waals surface area contributed by atoms with Gasteiger partial charge in [0.05, 0.1) is 12.7 Å². The Bertz CT molecular complexity index is 976. The number of halogens is 1. The first kappa shape index (κ1) is 19.0. The Hall–Kier alpha value is -3.81. The Kier molecular flexibility index (Phi) is 5.91. The Balaban J connectivity index is 1.63. The predicted molar refractivity (Wildman–Crippen MR) is 101 cm³/mol. The molecular weight excluding hydrogens is 363 g/mol. The smallest absolute Gasteiger partial charge is 0.337 e. The zero-order valence-electron chi connectivity index (χ0n) is 15.0. The molecule has 0 saturated carbocycles. The maximum absolute atomic E-state index is 12.9. The summed E-state index contributed by atoms with van der Waals surface area (Å²) in [6.45, 7) is 0.251. The van der Waals surface area contributed by atoms with Crippen LogP contribution < -0.4 is 10.6 Å². The van der Waals surface area contributed by atoms with Crippen LogP contribution in [0.15, 0.2) is 60.9 Å². The third-order valence-corrected chi connectivity index (χ3v) is 3.84. The minimum absolute atomic E-state index is 0.186. The second kappa shape index (κ2) is 8.72. The summed E-state index contributed by atoms with van der Waals surface area (Å²) in [5.41, 5.74) is 2.07. The summed E-state index contributed by atoms with van der Waals surface area (Å²) in [7, 11) is 1.32. The number of methoxy groups -OCH3 is 1. The quantitative estimate of drug-likeness (QED) is 0.639. The number of hydrogen-bond donors (Lipinski definition) is 2. The summed E-state index contributed by atoms with van der Waals surface area (Å²) < 4.78 is 17.6. The second-order valence-corrected chi connectivity index (χ2v) is 5.79. The fraction of sp³-hybridized carbons (Fsp3) is 0.100. The number of hydrogen-bond acceptors (Lipinski definition) is 6. The fourth-order valence-corrected chi connectivity index (χ4v) is 2.38. The molecule has 7 nitrogen and oxygen atoms in total. The van der Waals surface area contributed by atoms with Crippen molar-refractivity contribution in [3.63, 3.8) is 0 Å². The Morgan fingerprint density at radius 2 is 1.75 bits per heavy atom. The SMILES string of the molecule is COC(=O)c1ccc(Nc2cc(C(=O)NCc3ccc(F)cc3)ncn2)cc1. The van der Waals surface area contributed by atoms with Crippen molar-refractivity contribution in [1.82, 2.24) is 15.3 Å². The molecule has 0 spiro atoms. The standard InChI is InChI=1S/C20H17FN4O3/c1-28-20(27)14-4-8-16(9-5-14)25-18-10-17(23-12-24-18)19(26)22-11-13-2-6-15(21)7-3-13/h2-10,12H,11H2,1H3,(H,22,26)(H,23,24,25). The molecule has 28 heavy (non-hydrogen) atoms. The zero-order valence-corrected chi connectivity index (χ0v) is 15.0. The lowest BCUT2D eigenvalue weighted by Gasteiger charge is -2.08. The third-order valence-electron chi connectivity index (χ3n) is 3.84. The summed E-state index contributed by atoms with van der Waals surface area (Å²) in [5, 5.41) is 5.76. The fourth-order valence-electron chi connectivity index (χ4n) is 2.38. The molecule has 0 unspecified atom stereocenters. The lowest BCUT2D eigenvalue weighted by atomic mass is 10.2. The third kappa shape index (κ3) is 4.88. The second-order valence-electron chi connectivity index (χ2n) is 5.79. The Labute approximate surface area is 160 Å². The van der Waals surface area contributed by atoms with Crippen LogP contribution in [-0.2, 0) is 11.3 Å². The number of esters is 1. The maximum atomic E-state index is 12.9. The van der Waals surface area contributed by atoms with E-state index in [4.69, 9.17) is 0 Å². The van der Waals surface area contributed by atoms with Crippen LogP contribution in [0.1, 0.15) is 26.4 Å². The first-order chi connectivity index (χ1) is 13.5. The highest BCUT2D eigenvalue weighted by Gasteiger charge is 2.10. The van der Waals surface area contributed by atoms with Gasteiger partial charge in [-0.15, -0.1) is 0 Å². The van der Waals surface area contributed by atoms with E-state index in [2.05, 4.69) is 25.3 Å². The highest BCUT2D eigenvalue weighted by atomic mass is 19.1. The molecule has 8 heteroatoms. The number of amides is 1. The van der Waals surface area contributed by atoms with Gasteiger partial charge in [0, 0.05) is 18.3 Å². The number of aromatic nitrogens is 2. The van der Waals surface area contributed by atoms with Crippen molar-refractivity contribution in [3.05, 3.63) is 83.6 Å². The van der Waals surface area contributed by atoms with Crippen LogP contribution in [0, 0.1) is 5.82 Å². The minimum atomic E-state index is -0.423. The highest BCUT2D eigenvalue weighted by Crippen LogP contribution is 2.16. The number of benzene rings is 2. The molecule has 0 radical (unpaired) electrons. The molecule has 1 heterocycles. The largest absolute Gasteiger partial charge is 0.465 e. The molecule has 3 aromatic rings. The van der Waals surface area contributed by atoms with Gasteiger partial charge in [-0.3, -0.25) is 4.79 Å². The summed E-state index contributed by atoms with van der Waals surface area (Å²) >= 11 is 0. The number of carbonyl (C=O) groups is 2. The van der Waals surface area contributed by atoms with Crippen molar-refractivity contribution < 1.29 is 18.7 Å². The van der Waals surface area contributed by atoms with Crippen LogP contribution in [0.5, 0.6) is 0 Å². The highest BCUT2D eigenvalue weighted by molar-refractivity contribution is 5.93. The van der Waals surface area contributed by atoms with Gasteiger partial charge in [-0.1, -0.05) is 12.1 Å². The van der Waals surface area contributed by atoms with Crippen LogP contribution in [0.2, 0.25) is 0 Å². The maximum Gasteiger partial charge on any atom is 0.337 e. The van der Waals surface area contributed by atoms with Crippen LogP contribution in [0.4, 0.5) is 15.9 Å². The topological polar surface area (TPSA) is 93.2 Å². The van der Waals surface area contributed by atoms with Gasteiger partial charge in [-0.05, 0) is 42.0 Å². The molecule has 0 atom stereocenters. The molecular formula is C20H17FN4O3. The van der Waals surface area contributed by atoms with E-state index in [9.17, 15) is 14.0 Å². The number of nitrogens with zero attached hydrogens (tertiary/aromatic N) is 2. The average molecular weight is 380 g/mol. The average Bonchev–Trinajstić information content (AvgIpc) is 2.73. The van der Waals surface area contributed by atoms with Crippen LogP contribution in [0.3, 0.4) is 0 Å². The Morgan fingerprint density at radius 3 is 2.43 bits per heavy atom. The summed E-state index contributed by atoms with van der Waals surface area (Å²) in [5.74, 6) is -0.710. The van der Waals surface area contributed by atoms with Crippen LogP contribution in [-0.4, -0.2) is 29.0 Å². The van der Waals surface area contributed by atoms with E-state index < -0.39 is 5.97 Å². The van der Waals surface area contributed by atoms with Gasteiger partial charge in [-0.25, -0.2) is 19.2 Å². The molecule has 0 aliphatic heterocycles. The van der Waals surface area contributed by atoms with E-state index in [1.807, 2.05) is 0 Å². The molecule has 3 rings (SSSR count). The number of anilines is 2. The number of carbonyl (C=O) groups excluding carboxylic acids is 2. The minimum Gasteiger partial charge on any atom is -0.465 e. The predicted octanol–water partition coefficient (Wildman–Crippen LogP) is 3.08. The van der Waals surface area contributed by atoms with Gasteiger partial charge in [-0.2, -0.15) is 0 Å². The lowest BCUT2D eigenvalue weighted by molar-refractivity contribution is 0.0600. The molecule has 0 bridgehead atoms. The Morgan fingerprint density at radius 1 is 1.04 bits per heavy atom. The molecule has 0 fully saturated rings.